The maximum Gasteiger partial charge on any atom is 0.324 e. The fraction of sp³-hybridized carbons (Fsp3) is 0.167. The first-order valence-electron chi connectivity index (χ1n) is 10.2. The number of benzene rings is 3. The minimum absolute atomic E-state index is 0.00645. The number of carbonyl (C=O) groups is 2. The quantitative estimate of drug-likeness (QED) is 0.506. The Morgan fingerprint density at radius 1 is 1.00 bits per heavy atom. The van der Waals surface area contributed by atoms with Crippen LogP contribution in [0, 0.1) is 17.5 Å². The van der Waals surface area contributed by atoms with E-state index < -0.39 is 23.4 Å². The average molecular weight is 474 g/mol. The normalized spacial score (nSPS) is 13.9. The van der Waals surface area contributed by atoms with Gasteiger partial charge in [0.2, 0.25) is 0 Å². The van der Waals surface area contributed by atoms with E-state index in [0.717, 1.165) is 12.1 Å². The molecule has 0 bridgehead atoms. The van der Waals surface area contributed by atoms with Crippen LogP contribution in [0.25, 0.3) is 0 Å². The van der Waals surface area contributed by atoms with E-state index in [9.17, 15) is 22.8 Å². The lowest BCUT2D eigenvalue weighted by Crippen LogP contribution is -2.49. The summed E-state index contributed by atoms with van der Waals surface area (Å²) < 4.78 is 41.1. The third kappa shape index (κ3) is 4.96. The zero-order valence-electron chi connectivity index (χ0n) is 17.3. The van der Waals surface area contributed by atoms with Gasteiger partial charge in [0, 0.05) is 36.1 Å². The molecule has 0 spiro atoms. The van der Waals surface area contributed by atoms with Crippen LogP contribution in [-0.4, -0.2) is 29.9 Å². The smallest absolute Gasteiger partial charge is 0.322 e. The number of nitrogens with zero attached hydrogens (tertiary/aromatic N) is 2. The van der Waals surface area contributed by atoms with E-state index in [4.69, 9.17) is 11.6 Å². The molecule has 0 unspecified atom stereocenters. The van der Waals surface area contributed by atoms with E-state index in [1.54, 1.807) is 46.2 Å². The molecule has 0 saturated carbocycles. The summed E-state index contributed by atoms with van der Waals surface area (Å²) in [6.45, 7) is 1.07. The molecule has 1 aliphatic rings. The first-order valence-corrected chi connectivity index (χ1v) is 10.6. The van der Waals surface area contributed by atoms with Gasteiger partial charge < -0.3 is 10.2 Å². The summed E-state index contributed by atoms with van der Waals surface area (Å²) in [4.78, 5) is 28.4. The Kier molecular flexibility index (Phi) is 6.55. The van der Waals surface area contributed by atoms with Crippen molar-refractivity contribution in [3.05, 3.63) is 94.3 Å². The van der Waals surface area contributed by atoms with Crippen LogP contribution in [0.5, 0.6) is 0 Å². The molecule has 0 aliphatic carbocycles. The summed E-state index contributed by atoms with van der Waals surface area (Å²) in [6, 6.07) is 13.6. The van der Waals surface area contributed by atoms with E-state index in [0.29, 0.717) is 42.5 Å². The fourth-order valence-electron chi connectivity index (χ4n) is 3.64. The van der Waals surface area contributed by atoms with Crippen LogP contribution < -0.4 is 10.2 Å². The van der Waals surface area contributed by atoms with Gasteiger partial charge in [0.05, 0.1) is 17.1 Å². The number of anilines is 2. The van der Waals surface area contributed by atoms with Crippen molar-refractivity contribution >= 4 is 34.9 Å². The Balaban J connectivity index is 1.45. The van der Waals surface area contributed by atoms with Crippen molar-refractivity contribution < 1.29 is 22.8 Å². The van der Waals surface area contributed by atoms with E-state index >= 15 is 0 Å². The summed E-state index contributed by atoms with van der Waals surface area (Å²) in [5.41, 5.74) is 1.04. The molecular weight excluding hydrogens is 455 g/mol. The molecule has 0 aromatic heterocycles. The summed E-state index contributed by atoms with van der Waals surface area (Å²) >= 11 is 5.84. The minimum atomic E-state index is -0.959. The van der Waals surface area contributed by atoms with Gasteiger partial charge >= 0.3 is 6.03 Å². The van der Waals surface area contributed by atoms with Gasteiger partial charge in [0.15, 0.2) is 0 Å². The zero-order chi connectivity index (χ0) is 23.5. The zero-order valence-corrected chi connectivity index (χ0v) is 18.1. The number of hydrogen-bond donors (Lipinski definition) is 1. The molecule has 0 atom stereocenters. The average Bonchev–Trinajstić information content (AvgIpc) is 2.79. The highest BCUT2D eigenvalue weighted by molar-refractivity contribution is 6.30. The van der Waals surface area contributed by atoms with Gasteiger partial charge in [0.1, 0.15) is 17.5 Å². The Morgan fingerprint density at radius 3 is 2.48 bits per heavy atom. The lowest BCUT2D eigenvalue weighted by molar-refractivity contribution is 0.102. The van der Waals surface area contributed by atoms with Gasteiger partial charge in [-0.25, -0.2) is 18.0 Å². The first kappa shape index (κ1) is 22.7. The molecule has 3 aromatic carbocycles. The third-order valence-electron chi connectivity index (χ3n) is 5.32. The van der Waals surface area contributed by atoms with Crippen molar-refractivity contribution in [1.82, 2.24) is 4.90 Å². The summed E-state index contributed by atoms with van der Waals surface area (Å²) in [7, 11) is 0. The molecule has 3 aromatic rings. The molecule has 33 heavy (non-hydrogen) atoms. The Morgan fingerprint density at radius 2 is 1.76 bits per heavy atom. The highest BCUT2D eigenvalue weighted by Crippen LogP contribution is 2.25. The topological polar surface area (TPSA) is 52.7 Å². The van der Waals surface area contributed by atoms with Gasteiger partial charge in [-0.05, 0) is 48.9 Å². The molecule has 1 aliphatic heterocycles. The molecule has 3 amide bonds. The van der Waals surface area contributed by atoms with Gasteiger partial charge in [-0.15, -0.1) is 0 Å². The second-order valence-electron chi connectivity index (χ2n) is 7.55. The SMILES string of the molecule is O=C(Nc1ccc(N2CCCN(Cc3cccc(Cl)c3F)C2=O)cc1)c1ccc(F)cc1F. The monoisotopic (exact) mass is 473 g/mol. The number of amides is 3. The fourth-order valence-corrected chi connectivity index (χ4v) is 3.83. The molecular formula is C24H19ClF3N3O2. The van der Waals surface area contributed by atoms with Crippen molar-refractivity contribution in [3.8, 4) is 0 Å². The summed E-state index contributed by atoms with van der Waals surface area (Å²) in [6.07, 6.45) is 0.691. The van der Waals surface area contributed by atoms with Crippen LogP contribution in [0.15, 0.2) is 60.7 Å². The Labute approximate surface area is 193 Å². The van der Waals surface area contributed by atoms with E-state index in [1.165, 1.54) is 6.07 Å². The number of carbonyl (C=O) groups excluding carboxylic acids is 2. The van der Waals surface area contributed by atoms with Crippen LogP contribution in [0.1, 0.15) is 22.3 Å². The molecule has 4 rings (SSSR count). The minimum Gasteiger partial charge on any atom is -0.322 e. The maximum absolute atomic E-state index is 14.3. The van der Waals surface area contributed by atoms with E-state index in [-0.39, 0.29) is 23.2 Å². The molecule has 1 heterocycles. The van der Waals surface area contributed by atoms with Crippen molar-refractivity contribution in [3.63, 3.8) is 0 Å². The second-order valence-corrected chi connectivity index (χ2v) is 7.95. The lowest BCUT2D eigenvalue weighted by atomic mass is 10.1. The molecule has 9 heteroatoms. The standard InChI is InChI=1S/C24H19ClF3N3O2/c25-20-4-1-3-15(22(20)28)14-30-11-2-12-31(24(30)33)18-8-6-17(7-9-18)29-23(32)19-10-5-16(26)13-21(19)27/h1,3-10,13H,2,11-12,14H2,(H,29,32). The highest BCUT2D eigenvalue weighted by Gasteiger charge is 2.27. The van der Waals surface area contributed by atoms with Crippen LogP contribution >= 0.6 is 11.6 Å². The molecule has 170 valence electrons. The predicted molar refractivity (Wildman–Crippen MR) is 120 cm³/mol. The highest BCUT2D eigenvalue weighted by atomic mass is 35.5. The Bertz CT molecular complexity index is 1200. The number of urea groups is 1. The lowest BCUT2D eigenvalue weighted by Gasteiger charge is -2.35. The van der Waals surface area contributed by atoms with Gasteiger partial charge in [-0.2, -0.15) is 0 Å². The second kappa shape index (κ2) is 9.54. The van der Waals surface area contributed by atoms with Crippen LogP contribution in [-0.2, 0) is 6.54 Å². The van der Waals surface area contributed by atoms with Gasteiger partial charge in [-0.3, -0.25) is 9.69 Å². The van der Waals surface area contributed by atoms with Crippen molar-refractivity contribution in [1.29, 1.82) is 0 Å². The van der Waals surface area contributed by atoms with Crippen LogP contribution in [0.4, 0.5) is 29.3 Å². The maximum atomic E-state index is 14.3. The molecule has 0 radical (unpaired) electrons. The molecule has 1 N–H and O–H groups in total. The third-order valence-corrected chi connectivity index (χ3v) is 5.61. The first-order chi connectivity index (χ1) is 15.8. The van der Waals surface area contributed by atoms with Crippen molar-refractivity contribution in [2.45, 2.75) is 13.0 Å². The van der Waals surface area contributed by atoms with Gasteiger partial charge in [-0.1, -0.05) is 23.7 Å². The van der Waals surface area contributed by atoms with Gasteiger partial charge in [0.25, 0.3) is 5.91 Å². The molecule has 5 nitrogen and oxygen atoms in total. The Hall–Kier alpha value is -3.52. The molecule has 1 saturated heterocycles. The predicted octanol–water partition coefficient (Wildman–Crippen LogP) is 5.84. The number of halogens is 4. The van der Waals surface area contributed by atoms with E-state index in [1.807, 2.05) is 0 Å². The number of hydrogen-bond acceptors (Lipinski definition) is 2. The van der Waals surface area contributed by atoms with Crippen LogP contribution in [0.3, 0.4) is 0 Å². The number of rotatable bonds is 5. The van der Waals surface area contributed by atoms with Crippen molar-refractivity contribution in [2.75, 3.05) is 23.3 Å². The summed E-state index contributed by atoms with van der Waals surface area (Å²) in [5.74, 6) is -2.99. The van der Waals surface area contributed by atoms with Crippen molar-refractivity contribution in [2.24, 2.45) is 0 Å². The largest absolute Gasteiger partial charge is 0.324 e. The summed E-state index contributed by atoms with van der Waals surface area (Å²) in [5, 5.41) is 2.55. The molecule has 1 fully saturated rings. The van der Waals surface area contributed by atoms with E-state index in [2.05, 4.69) is 5.32 Å². The van der Waals surface area contributed by atoms with Crippen LogP contribution in [0.2, 0.25) is 5.02 Å². The number of nitrogens with one attached hydrogen (secondary N) is 1.